The van der Waals surface area contributed by atoms with Crippen molar-refractivity contribution in [1.82, 2.24) is 15.0 Å². The lowest BCUT2D eigenvalue weighted by Crippen LogP contribution is -2.20. The highest BCUT2D eigenvalue weighted by Gasteiger charge is 2.18. The van der Waals surface area contributed by atoms with Crippen molar-refractivity contribution < 1.29 is 28.9 Å². The van der Waals surface area contributed by atoms with E-state index in [1.807, 2.05) is 6.92 Å². The second-order valence-corrected chi connectivity index (χ2v) is 4.16. The monoisotopic (exact) mass is 301 g/mol. The predicted molar refractivity (Wildman–Crippen MR) is 70.0 cm³/mol. The highest BCUT2D eigenvalue weighted by Crippen LogP contribution is 2.14. The summed E-state index contributed by atoms with van der Waals surface area (Å²) in [6.07, 6.45) is 1.20. The summed E-state index contributed by atoms with van der Waals surface area (Å²) in [5, 5.41) is 16.0. The van der Waals surface area contributed by atoms with Crippen LogP contribution in [0.2, 0.25) is 0 Å². The zero-order valence-corrected chi connectivity index (χ0v) is 12.0. The standard InChI is InChI=1S/C12H19N3O6/c1-3-5-6-7-19-12(18)21-10(4-2)15-13-8-9(14-15)20-11(16)17/h8,10H,3-7H2,1-2H3,(H,16,17). The number of rotatable bonds is 8. The molecule has 1 unspecified atom stereocenters. The fourth-order valence-electron chi connectivity index (χ4n) is 1.48. The van der Waals surface area contributed by atoms with Gasteiger partial charge in [0.25, 0.3) is 5.88 Å². The maximum absolute atomic E-state index is 11.5. The lowest BCUT2D eigenvalue weighted by atomic mass is 10.3. The molecule has 0 spiro atoms. The zero-order valence-electron chi connectivity index (χ0n) is 12.0. The predicted octanol–water partition coefficient (Wildman–Crippen LogP) is 2.59. The summed E-state index contributed by atoms with van der Waals surface area (Å²) in [6, 6.07) is 0. The summed E-state index contributed by atoms with van der Waals surface area (Å²) >= 11 is 0. The first-order chi connectivity index (χ1) is 10.1. The Labute approximate surface area is 121 Å². The molecule has 0 fully saturated rings. The first-order valence-electron chi connectivity index (χ1n) is 6.72. The summed E-state index contributed by atoms with van der Waals surface area (Å²) in [4.78, 5) is 22.9. The summed E-state index contributed by atoms with van der Waals surface area (Å²) in [7, 11) is 0. The fraction of sp³-hybridized carbons (Fsp3) is 0.667. The molecule has 0 aliphatic heterocycles. The number of carbonyl (C=O) groups is 2. The van der Waals surface area contributed by atoms with Crippen molar-refractivity contribution in [2.24, 2.45) is 0 Å². The van der Waals surface area contributed by atoms with Crippen molar-refractivity contribution in [3.63, 3.8) is 0 Å². The summed E-state index contributed by atoms with van der Waals surface area (Å²) < 4.78 is 14.3. The van der Waals surface area contributed by atoms with Gasteiger partial charge < -0.3 is 19.3 Å². The highest BCUT2D eigenvalue weighted by molar-refractivity contribution is 5.60. The number of ether oxygens (including phenoxy) is 3. The molecule has 0 saturated carbocycles. The van der Waals surface area contributed by atoms with Crippen LogP contribution in [0.3, 0.4) is 0 Å². The summed E-state index contributed by atoms with van der Waals surface area (Å²) in [5.74, 6) is -0.194. The Morgan fingerprint density at radius 1 is 1.38 bits per heavy atom. The lowest BCUT2D eigenvalue weighted by molar-refractivity contribution is -0.0180. The molecule has 0 amide bonds. The van der Waals surface area contributed by atoms with E-state index in [1.165, 1.54) is 0 Å². The third kappa shape index (κ3) is 6.11. The Kier molecular flexibility index (Phi) is 6.99. The van der Waals surface area contributed by atoms with Gasteiger partial charge in [-0.25, -0.2) is 9.59 Å². The van der Waals surface area contributed by atoms with Crippen LogP contribution in [-0.4, -0.2) is 39.0 Å². The molecule has 1 atom stereocenters. The fourth-order valence-corrected chi connectivity index (χ4v) is 1.48. The quantitative estimate of drug-likeness (QED) is 0.575. The Balaban J connectivity index is 2.48. The minimum atomic E-state index is -1.49. The van der Waals surface area contributed by atoms with Gasteiger partial charge in [0.05, 0.1) is 6.61 Å². The molecule has 1 N–H and O–H groups in total. The van der Waals surface area contributed by atoms with Crippen molar-refractivity contribution in [2.75, 3.05) is 6.61 Å². The van der Waals surface area contributed by atoms with Crippen molar-refractivity contribution >= 4 is 12.3 Å². The minimum Gasteiger partial charge on any atom is -0.449 e. The molecule has 1 aromatic rings. The van der Waals surface area contributed by atoms with Gasteiger partial charge in [-0.1, -0.05) is 26.7 Å². The van der Waals surface area contributed by atoms with Gasteiger partial charge in [-0.05, 0) is 6.42 Å². The highest BCUT2D eigenvalue weighted by atomic mass is 16.7. The van der Waals surface area contributed by atoms with E-state index < -0.39 is 18.5 Å². The van der Waals surface area contributed by atoms with Crippen LogP contribution in [0.4, 0.5) is 9.59 Å². The number of carboxylic acid groups (broad SMARTS) is 1. The van der Waals surface area contributed by atoms with Crippen LogP contribution in [0.1, 0.15) is 45.8 Å². The van der Waals surface area contributed by atoms with Gasteiger partial charge in [0.2, 0.25) is 6.23 Å². The van der Waals surface area contributed by atoms with E-state index in [0.717, 1.165) is 30.3 Å². The Morgan fingerprint density at radius 3 is 2.76 bits per heavy atom. The lowest BCUT2D eigenvalue weighted by Gasteiger charge is -2.14. The second-order valence-electron chi connectivity index (χ2n) is 4.16. The van der Waals surface area contributed by atoms with Gasteiger partial charge >= 0.3 is 12.3 Å². The van der Waals surface area contributed by atoms with E-state index >= 15 is 0 Å². The molecule has 0 aliphatic rings. The molecule has 0 radical (unpaired) electrons. The van der Waals surface area contributed by atoms with Crippen LogP contribution in [0, 0.1) is 0 Å². The normalized spacial score (nSPS) is 11.7. The van der Waals surface area contributed by atoms with Crippen LogP contribution in [-0.2, 0) is 9.47 Å². The van der Waals surface area contributed by atoms with Crippen molar-refractivity contribution in [3.05, 3.63) is 6.20 Å². The molecule has 118 valence electrons. The van der Waals surface area contributed by atoms with Crippen LogP contribution in [0.5, 0.6) is 5.88 Å². The molecule has 0 bridgehead atoms. The van der Waals surface area contributed by atoms with Crippen LogP contribution >= 0.6 is 0 Å². The van der Waals surface area contributed by atoms with Gasteiger partial charge in [-0.15, -0.1) is 9.90 Å². The molecule has 1 aromatic heterocycles. The van der Waals surface area contributed by atoms with Crippen molar-refractivity contribution in [2.45, 2.75) is 45.8 Å². The largest absolute Gasteiger partial charge is 0.512 e. The van der Waals surface area contributed by atoms with Crippen LogP contribution in [0.25, 0.3) is 0 Å². The Morgan fingerprint density at radius 2 is 2.14 bits per heavy atom. The van der Waals surface area contributed by atoms with E-state index in [9.17, 15) is 9.59 Å². The molecule has 0 saturated heterocycles. The summed E-state index contributed by atoms with van der Waals surface area (Å²) in [5.41, 5.74) is 0. The topological polar surface area (TPSA) is 113 Å². The maximum atomic E-state index is 11.5. The van der Waals surface area contributed by atoms with Crippen molar-refractivity contribution in [3.8, 4) is 5.88 Å². The van der Waals surface area contributed by atoms with Gasteiger partial charge in [0.15, 0.2) is 0 Å². The minimum absolute atomic E-state index is 0.194. The average molecular weight is 301 g/mol. The third-order valence-electron chi connectivity index (χ3n) is 2.49. The first kappa shape index (κ1) is 16.7. The summed E-state index contributed by atoms with van der Waals surface area (Å²) in [6.45, 7) is 4.10. The number of carbonyl (C=O) groups excluding carboxylic acids is 1. The molecule has 9 heteroatoms. The molecule has 0 aliphatic carbocycles. The van der Waals surface area contributed by atoms with E-state index in [-0.39, 0.29) is 5.88 Å². The number of nitrogens with zero attached hydrogens (tertiary/aromatic N) is 3. The SMILES string of the molecule is CCCCCOC(=O)OC(CC)n1ncc(OC(=O)O)n1. The molecule has 21 heavy (non-hydrogen) atoms. The molecule has 0 aromatic carbocycles. The Bertz CT molecular complexity index is 462. The maximum Gasteiger partial charge on any atom is 0.512 e. The number of hydrogen-bond acceptors (Lipinski definition) is 7. The molecular formula is C12H19N3O6. The van der Waals surface area contributed by atoms with E-state index in [0.29, 0.717) is 13.0 Å². The number of hydrogen-bond donors (Lipinski definition) is 1. The third-order valence-corrected chi connectivity index (χ3v) is 2.49. The Hall–Kier alpha value is -2.32. The van der Waals surface area contributed by atoms with E-state index in [2.05, 4.69) is 14.9 Å². The number of unbranched alkanes of at least 4 members (excludes halogenated alkanes) is 2. The smallest absolute Gasteiger partial charge is 0.449 e. The first-order valence-corrected chi connectivity index (χ1v) is 6.72. The average Bonchev–Trinajstić information content (AvgIpc) is 2.88. The van der Waals surface area contributed by atoms with Crippen molar-refractivity contribution in [1.29, 1.82) is 0 Å². The van der Waals surface area contributed by atoms with Gasteiger partial charge in [0, 0.05) is 6.42 Å². The zero-order chi connectivity index (χ0) is 15.7. The van der Waals surface area contributed by atoms with E-state index in [1.54, 1.807) is 6.92 Å². The second kappa shape index (κ2) is 8.77. The molecule has 9 nitrogen and oxygen atoms in total. The van der Waals surface area contributed by atoms with Gasteiger partial charge in [-0.3, -0.25) is 0 Å². The molecular weight excluding hydrogens is 282 g/mol. The molecule has 1 rings (SSSR count). The van der Waals surface area contributed by atoms with Crippen LogP contribution < -0.4 is 4.74 Å². The van der Waals surface area contributed by atoms with Crippen LogP contribution in [0.15, 0.2) is 6.20 Å². The van der Waals surface area contributed by atoms with Gasteiger partial charge in [-0.2, -0.15) is 5.10 Å². The van der Waals surface area contributed by atoms with Gasteiger partial charge in [0.1, 0.15) is 6.20 Å². The van der Waals surface area contributed by atoms with E-state index in [4.69, 9.17) is 14.6 Å². The number of aromatic nitrogens is 3. The molecule has 1 heterocycles.